The number of ether oxygens (including phenoxy) is 1. The predicted molar refractivity (Wildman–Crippen MR) is 86.4 cm³/mol. The lowest BCUT2D eigenvalue weighted by molar-refractivity contribution is 0.0600. The molecule has 0 aliphatic rings. The maximum absolute atomic E-state index is 14.5. The van der Waals surface area contributed by atoms with Gasteiger partial charge in [-0.15, -0.1) is 0 Å². The van der Waals surface area contributed by atoms with E-state index >= 15 is 0 Å². The quantitative estimate of drug-likeness (QED) is 0.676. The highest BCUT2D eigenvalue weighted by atomic mass is 19.1. The van der Waals surface area contributed by atoms with E-state index in [1.165, 1.54) is 25.6 Å². The lowest BCUT2D eigenvalue weighted by Crippen LogP contribution is -2.02. The second-order valence-electron chi connectivity index (χ2n) is 5.01. The largest absolute Gasteiger partial charge is 0.465 e. The predicted octanol–water partition coefficient (Wildman–Crippen LogP) is 4.34. The lowest BCUT2D eigenvalue weighted by atomic mass is 10.00. The van der Waals surface area contributed by atoms with Crippen molar-refractivity contribution in [3.05, 3.63) is 78.4 Å². The van der Waals surface area contributed by atoms with E-state index in [2.05, 4.69) is 9.72 Å². The van der Waals surface area contributed by atoms with Crippen LogP contribution in [-0.2, 0) is 4.74 Å². The zero-order chi connectivity index (χ0) is 16.2. The van der Waals surface area contributed by atoms with E-state index < -0.39 is 5.97 Å². The molecule has 0 saturated heterocycles. The molecule has 3 rings (SSSR count). The van der Waals surface area contributed by atoms with Gasteiger partial charge in [0.1, 0.15) is 5.82 Å². The molecule has 0 bridgehead atoms. The standard InChI is InChI=1S/C19H14FNO2/c1-23-19(22)16-9-15(11-21-12-16)17-8-7-14(10-18(17)20)13-5-3-2-4-6-13/h2-12H,1H3. The van der Waals surface area contributed by atoms with Gasteiger partial charge in [0.2, 0.25) is 0 Å². The molecule has 23 heavy (non-hydrogen) atoms. The Morgan fingerprint density at radius 1 is 0.957 bits per heavy atom. The fraction of sp³-hybridized carbons (Fsp3) is 0.0526. The molecule has 3 aromatic rings. The first-order chi connectivity index (χ1) is 11.2. The van der Waals surface area contributed by atoms with Gasteiger partial charge in [0.25, 0.3) is 0 Å². The molecule has 0 spiro atoms. The summed E-state index contributed by atoms with van der Waals surface area (Å²) < 4.78 is 19.2. The number of hydrogen-bond acceptors (Lipinski definition) is 3. The van der Waals surface area contributed by atoms with Gasteiger partial charge in [0.15, 0.2) is 0 Å². The summed E-state index contributed by atoms with van der Waals surface area (Å²) in [5, 5.41) is 0. The van der Waals surface area contributed by atoms with Crippen molar-refractivity contribution in [1.82, 2.24) is 4.98 Å². The molecular weight excluding hydrogens is 293 g/mol. The van der Waals surface area contributed by atoms with Gasteiger partial charge in [-0.3, -0.25) is 4.98 Å². The Morgan fingerprint density at radius 2 is 1.74 bits per heavy atom. The monoisotopic (exact) mass is 307 g/mol. The normalized spacial score (nSPS) is 10.3. The van der Waals surface area contributed by atoms with E-state index in [4.69, 9.17) is 0 Å². The molecule has 0 N–H and O–H groups in total. The molecule has 0 amide bonds. The second-order valence-corrected chi connectivity index (χ2v) is 5.01. The van der Waals surface area contributed by atoms with Crippen molar-refractivity contribution in [3.8, 4) is 22.3 Å². The molecule has 0 aliphatic carbocycles. The fourth-order valence-electron chi connectivity index (χ4n) is 2.38. The number of pyridine rings is 1. The SMILES string of the molecule is COC(=O)c1cncc(-c2ccc(-c3ccccc3)cc2F)c1. The number of benzene rings is 2. The minimum Gasteiger partial charge on any atom is -0.465 e. The van der Waals surface area contributed by atoms with Crippen LogP contribution in [0, 0.1) is 5.82 Å². The van der Waals surface area contributed by atoms with Gasteiger partial charge >= 0.3 is 5.97 Å². The molecule has 0 aliphatic heterocycles. The molecule has 0 atom stereocenters. The van der Waals surface area contributed by atoms with Crippen LogP contribution in [0.1, 0.15) is 10.4 Å². The van der Waals surface area contributed by atoms with Crippen LogP contribution in [0.3, 0.4) is 0 Å². The van der Waals surface area contributed by atoms with Gasteiger partial charge in [0, 0.05) is 23.5 Å². The molecule has 1 aromatic heterocycles. The van der Waals surface area contributed by atoms with E-state index in [0.29, 0.717) is 11.1 Å². The first kappa shape index (κ1) is 14.9. The summed E-state index contributed by atoms with van der Waals surface area (Å²) >= 11 is 0. The molecule has 4 heteroatoms. The Bertz CT molecular complexity index is 847. The van der Waals surface area contributed by atoms with Crippen molar-refractivity contribution in [2.24, 2.45) is 0 Å². The summed E-state index contributed by atoms with van der Waals surface area (Å²) in [5.41, 5.74) is 2.95. The summed E-state index contributed by atoms with van der Waals surface area (Å²) in [6, 6.07) is 16.2. The Hall–Kier alpha value is -3.01. The number of halogens is 1. The molecule has 0 fully saturated rings. The Morgan fingerprint density at radius 3 is 2.43 bits per heavy atom. The maximum Gasteiger partial charge on any atom is 0.339 e. The number of hydrogen-bond donors (Lipinski definition) is 0. The van der Waals surface area contributed by atoms with Gasteiger partial charge in [-0.25, -0.2) is 9.18 Å². The number of rotatable bonds is 3. The highest BCUT2D eigenvalue weighted by molar-refractivity contribution is 5.90. The Kier molecular flexibility index (Phi) is 4.15. The van der Waals surface area contributed by atoms with Crippen molar-refractivity contribution >= 4 is 5.97 Å². The summed E-state index contributed by atoms with van der Waals surface area (Å²) in [6.07, 6.45) is 2.92. The maximum atomic E-state index is 14.5. The molecule has 1 heterocycles. The van der Waals surface area contributed by atoms with E-state index in [1.54, 1.807) is 12.1 Å². The van der Waals surface area contributed by atoms with Crippen LogP contribution in [-0.4, -0.2) is 18.1 Å². The zero-order valence-corrected chi connectivity index (χ0v) is 12.5. The van der Waals surface area contributed by atoms with E-state index in [0.717, 1.165) is 11.1 Å². The van der Waals surface area contributed by atoms with Crippen molar-refractivity contribution in [3.63, 3.8) is 0 Å². The third kappa shape index (κ3) is 3.11. The highest BCUT2D eigenvalue weighted by Crippen LogP contribution is 2.28. The molecule has 0 saturated carbocycles. The number of esters is 1. The minimum absolute atomic E-state index is 0.288. The van der Waals surface area contributed by atoms with Gasteiger partial charge in [-0.05, 0) is 23.3 Å². The average Bonchev–Trinajstić information content (AvgIpc) is 2.61. The second kappa shape index (κ2) is 6.40. The van der Waals surface area contributed by atoms with Crippen molar-refractivity contribution in [2.75, 3.05) is 7.11 Å². The van der Waals surface area contributed by atoms with Crippen molar-refractivity contribution in [2.45, 2.75) is 0 Å². The van der Waals surface area contributed by atoms with Crippen LogP contribution in [0.4, 0.5) is 4.39 Å². The third-order valence-electron chi connectivity index (χ3n) is 3.55. The highest BCUT2D eigenvalue weighted by Gasteiger charge is 2.11. The number of carbonyl (C=O) groups excluding carboxylic acids is 1. The fourth-order valence-corrected chi connectivity index (χ4v) is 2.38. The number of nitrogens with zero attached hydrogens (tertiary/aromatic N) is 1. The number of methoxy groups -OCH3 is 1. The van der Waals surface area contributed by atoms with Gasteiger partial charge in [0.05, 0.1) is 12.7 Å². The number of carbonyl (C=O) groups is 1. The van der Waals surface area contributed by atoms with E-state index in [1.807, 2.05) is 36.4 Å². The summed E-state index contributed by atoms with van der Waals surface area (Å²) in [6.45, 7) is 0. The van der Waals surface area contributed by atoms with Crippen LogP contribution in [0.2, 0.25) is 0 Å². The van der Waals surface area contributed by atoms with Crippen LogP contribution in [0.15, 0.2) is 67.0 Å². The van der Waals surface area contributed by atoms with Crippen LogP contribution >= 0.6 is 0 Å². The third-order valence-corrected chi connectivity index (χ3v) is 3.55. The molecule has 3 nitrogen and oxygen atoms in total. The summed E-state index contributed by atoms with van der Waals surface area (Å²) in [4.78, 5) is 15.5. The van der Waals surface area contributed by atoms with E-state index in [9.17, 15) is 9.18 Å². The summed E-state index contributed by atoms with van der Waals surface area (Å²) in [7, 11) is 1.30. The Balaban J connectivity index is 2.00. The minimum atomic E-state index is -0.499. The average molecular weight is 307 g/mol. The first-order valence-electron chi connectivity index (χ1n) is 7.08. The lowest BCUT2D eigenvalue weighted by Gasteiger charge is -2.08. The number of aromatic nitrogens is 1. The summed E-state index contributed by atoms with van der Waals surface area (Å²) in [5.74, 6) is -0.865. The topological polar surface area (TPSA) is 39.2 Å². The Labute approximate surface area is 133 Å². The van der Waals surface area contributed by atoms with Crippen LogP contribution < -0.4 is 0 Å². The molecule has 114 valence electrons. The molecule has 0 unspecified atom stereocenters. The van der Waals surface area contributed by atoms with E-state index in [-0.39, 0.29) is 11.4 Å². The van der Waals surface area contributed by atoms with Crippen molar-refractivity contribution < 1.29 is 13.9 Å². The van der Waals surface area contributed by atoms with Gasteiger partial charge in [-0.2, -0.15) is 0 Å². The molecule has 2 aromatic carbocycles. The molecule has 0 radical (unpaired) electrons. The van der Waals surface area contributed by atoms with Gasteiger partial charge < -0.3 is 4.74 Å². The zero-order valence-electron chi connectivity index (χ0n) is 12.5. The van der Waals surface area contributed by atoms with Gasteiger partial charge in [-0.1, -0.05) is 42.5 Å². The molecular formula is C19H14FNO2. The smallest absolute Gasteiger partial charge is 0.339 e. The van der Waals surface area contributed by atoms with Crippen LogP contribution in [0.25, 0.3) is 22.3 Å². The van der Waals surface area contributed by atoms with Crippen LogP contribution in [0.5, 0.6) is 0 Å². The van der Waals surface area contributed by atoms with Crippen molar-refractivity contribution in [1.29, 1.82) is 0 Å². The first-order valence-corrected chi connectivity index (χ1v) is 7.08.